The molecule has 17 heavy (non-hydrogen) atoms. The molecule has 0 heterocycles. The van der Waals surface area contributed by atoms with Crippen LogP contribution in [0.4, 0.5) is 4.39 Å². The number of hydrogen-bond acceptors (Lipinski definition) is 2. The lowest BCUT2D eigenvalue weighted by molar-refractivity contribution is 0.0692. The largest absolute Gasteiger partial charge is 0.478 e. The third-order valence-electron chi connectivity index (χ3n) is 2.15. The predicted octanol–water partition coefficient (Wildman–Crippen LogP) is 3.32. The summed E-state index contributed by atoms with van der Waals surface area (Å²) >= 11 is 0. The summed E-state index contributed by atoms with van der Waals surface area (Å²) < 4.78 is 18.7. The van der Waals surface area contributed by atoms with E-state index in [1.807, 2.05) is 6.07 Å². The second-order valence-electron chi connectivity index (χ2n) is 3.36. The second kappa shape index (κ2) is 4.65. The summed E-state index contributed by atoms with van der Waals surface area (Å²) in [6.45, 7) is 0. The van der Waals surface area contributed by atoms with Gasteiger partial charge in [-0.1, -0.05) is 18.2 Å². The van der Waals surface area contributed by atoms with Crippen molar-refractivity contribution in [1.82, 2.24) is 0 Å². The number of carboxylic acids is 1. The summed E-state index contributed by atoms with van der Waals surface area (Å²) in [6.07, 6.45) is 0. The normalized spacial score (nSPS) is 9.94. The van der Waals surface area contributed by atoms with Crippen molar-refractivity contribution in [2.24, 2.45) is 0 Å². The standard InChI is InChI=1S/C13H9FO3/c14-12-8-10(6-7-11(12)13(15)16)17-9-4-2-1-3-5-9/h1-8H,(H,15,16). The maximum Gasteiger partial charge on any atom is 0.338 e. The van der Waals surface area contributed by atoms with Crippen LogP contribution in [0, 0.1) is 5.82 Å². The fraction of sp³-hybridized carbons (Fsp3) is 0. The van der Waals surface area contributed by atoms with Gasteiger partial charge in [-0.3, -0.25) is 0 Å². The predicted molar refractivity (Wildman–Crippen MR) is 59.9 cm³/mol. The lowest BCUT2D eigenvalue weighted by atomic mass is 10.2. The van der Waals surface area contributed by atoms with Gasteiger partial charge in [0, 0.05) is 6.07 Å². The lowest BCUT2D eigenvalue weighted by Gasteiger charge is -2.06. The third-order valence-corrected chi connectivity index (χ3v) is 2.15. The van der Waals surface area contributed by atoms with Gasteiger partial charge in [0.1, 0.15) is 17.3 Å². The number of halogens is 1. The van der Waals surface area contributed by atoms with Gasteiger partial charge in [0.05, 0.1) is 5.56 Å². The van der Waals surface area contributed by atoms with E-state index in [0.717, 1.165) is 6.07 Å². The van der Waals surface area contributed by atoms with Gasteiger partial charge in [-0.05, 0) is 24.3 Å². The average Bonchev–Trinajstić information content (AvgIpc) is 2.30. The molecule has 2 aromatic carbocycles. The first-order valence-corrected chi connectivity index (χ1v) is 4.92. The van der Waals surface area contributed by atoms with Crippen molar-refractivity contribution in [3.05, 3.63) is 59.9 Å². The molecule has 0 bridgehead atoms. The Morgan fingerprint density at radius 2 is 1.76 bits per heavy atom. The van der Waals surface area contributed by atoms with E-state index < -0.39 is 11.8 Å². The van der Waals surface area contributed by atoms with Crippen LogP contribution in [0.2, 0.25) is 0 Å². The van der Waals surface area contributed by atoms with Crippen molar-refractivity contribution in [3.8, 4) is 11.5 Å². The second-order valence-corrected chi connectivity index (χ2v) is 3.36. The first-order chi connectivity index (χ1) is 8.16. The molecule has 86 valence electrons. The van der Waals surface area contributed by atoms with Gasteiger partial charge in [-0.25, -0.2) is 9.18 Å². The molecule has 4 heteroatoms. The molecule has 2 aromatic rings. The Morgan fingerprint density at radius 3 is 2.35 bits per heavy atom. The van der Waals surface area contributed by atoms with Gasteiger partial charge in [0.25, 0.3) is 0 Å². The minimum Gasteiger partial charge on any atom is -0.478 e. The van der Waals surface area contributed by atoms with Crippen LogP contribution in [0.1, 0.15) is 10.4 Å². The molecule has 2 rings (SSSR count). The fourth-order valence-electron chi connectivity index (χ4n) is 1.36. The van der Waals surface area contributed by atoms with Crippen LogP contribution in [-0.4, -0.2) is 11.1 Å². The molecule has 0 aliphatic rings. The molecule has 0 amide bonds. The monoisotopic (exact) mass is 232 g/mol. The molecule has 0 fully saturated rings. The van der Waals surface area contributed by atoms with Crippen LogP contribution in [0.15, 0.2) is 48.5 Å². The van der Waals surface area contributed by atoms with Crippen molar-refractivity contribution < 1.29 is 19.0 Å². The highest BCUT2D eigenvalue weighted by molar-refractivity contribution is 5.88. The van der Waals surface area contributed by atoms with Gasteiger partial charge >= 0.3 is 5.97 Å². The Hall–Kier alpha value is -2.36. The molecule has 0 saturated carbocycles. The van der Waals surface area contributed by atoms with Gasteiger partial charge in [0.15, 0.2) is 0 Å². The van der Waals surface area contributed by atoms with Crippen LogP contribution in [0.5, 0.6) is 11.5 Å². The summed E-state index contributed by atoms with van der Waals surface area (Å²) in [4.78, 5) is 10.6. The fourth-order valence-corrected chi connectivity index (χ4v) is 1.36. The number of carbonyl (C=O) groups is 1. The number of carboxylic acid groups (broad SMARTS) is 1. The van der Waals surface area contributed by atoms with Crippen molar-refractivity contribution in [1.29, 1.82) is 0 Å². The van der Waals surface area contributed by atoms with E-state index in [4.69, 9.17) is 9.84 Å². The van der Waals surface area contributed by atoms with Gasteiger partial charge in [0.2, 0.25) is 0 Å². The quantitative estimate of drug-likeness (QED) is 0.882. The number of aromatic carboxylic acids is 1. The topological polar surface area (TPSA) is 46.5 Å². The first kappa shape index (κ1) is 11.1. The Kier molecular flexibility index (Phi) is 3.05. The van der Waals surface area contributed by atoms with Crippen molar-refractivity contribution >= 4 is 5.97 Å². The SMILES string of the molecule is O=C(O)c1ccc(Oc2ccccc2)cc1F. The summed E-state index contributed by atoms with van der Waals surface area (Å²) in [5, 5.41) is 8.67. The highest BCUT2D eigenvalue weighted by atomic mass is 19.1. The van der Waals surface area contributed by atoms with Crippen molar-refractivity contribution in [2.75, 3.05) is 0 Å². The van der Waals surface area contributed by atoms with Crippen LogP contribution >= 0.6 is 0 Å². The van der Waals surface area contributed by atoms with Gasteiger partial charge < -0.3 is 9.84 Å². The number of ether oxygens (including phenoxy) is 1. The molecule has 0 saturated heterocycles. The average molecular weight is 232 g/mol. The lowest BCUT2D eigenvalue weighted by Crippen LogP contribution is -2.00. The molecule has 0 aliphatic heterocycles. The number of benzene rings is 2. The van der Waals surface area contributed by atoms with Gasteiger partial charge in [-0.2, -0.15) is 0 Å². The maximum absolute atomic E-state index is 13.3. The zero-order valence-electron chi connectivity index (χ0n) is 8.76. The van der Waals surface area contributed by atoms with Crippen LogP contribution < -0.4 is 4.74 Å². The molecule has 0 radical (unpaired) electrons. The Morgan fingerprint density at radius 1 is 1.06 bits per heavy atom. The summed E-state index contributed by atoms with van der Waals surface area (Å²) in [6, 6.07) is 12.5. The van der Waals surface area contributed by atoms with Crippen molar-refractivity contribution in [3.63, 3.8) is 0 Å². The minimum absolute atomic E-state index is 0.263. The summed E-state index contributed by atoms with van der Waals surface area (Å²) in [7, 11) is 0. The molecule has 1 N–H and O–H groups in total. The molecule has 0 aromatic heterocycles. The zero-order chi connectivity index (χ0) is 12.3. The number of rotatable bonds is 3. The molecule has 3 nitrogen and oxygen atoms in total. The minimum atomic E-state index is -1.30. The van der Waals surface area contributed by atoms with Crippen LogP contribution in [-0.2, 0) is 0 Å². The molecule has 0 atom stereocenters. The van der Waals surface area contributed by atoms with E-state index >= 15 is 0 Å². The van der Waals surface area contributed by atoms with E-state index in [2.05, 4.69) is 0 Å². The molecule has 0 spiro atoms. The van der Waals surface area contributed by atoms with Gasteiger partial charge in [-0.15, -0.1) is 0 Å². The van der Waals surface area contributed by atoms with E-state index in [1.165, 1.54) is 12.1 Å². The molecular formula is C13H9FO3. The Balaban J connectivity index is 2.24. The Bertz CT molecular complexity index is 538. The van der Waals surface area contributed by atoms with E-state index in [0.29, 0.717) is 5.75 Å². The van der Waals surface area contributed by atoms with Crippen LogP contribution in [0.3, 0.4) is 0 Å². The van der Waals surface area contributed by atoms with Crippen LogP contribution in [0.25, 0.3) is 0 Å². The molecule has 0 aliphatic carbocycles. The van der Waals surface area contributed by atoms with E-state index in [9.17, 15) is 9.18 Å². The summed E-state index contributed by atoms with van der Waals surface area (Å²) in [5.74, 6) is -1.28. The highest BCUT2D eigenvalue weighted by Crippen LogP contribution is 2.23. The highest BCUT2D eigenvalue weighted by Gasteiger charge is 2.10. The number of hydrogen-bond donors (Lipinski definition) is 1. The van der Waals surface area contributed by atoms with E-state index in [1.54, 1.807) is 24.3 Å². The maximum atomic E-state index is 13.3. The molecule has 0 unspecified atom stereocenters. The summed E-state index contributed by atoms with van der Waals surface area (Å²) in [5.41, 5.74) is -0.370. The third kappa shape index (κ3) is 2.60. The zero-order valence-corrected chi connectivity index (χ0v) is 8.76. The van der Waals surface area contributed by atoms with Crippen molar-refractivity contribution in [2.45, 2.75) is 0 Å². The molecular weight excluding hydrogens is 223 g/mol. The first-order valence-electron chi connectivity index (χ1n) is 4.92. The van der Waals surface area contributed by atoms with E-state index in [-0.39, 0.29) is 11.3 Å². The number of para-hydroxylation sites is 1. The Labute approximate surface area is 97.1 Å². The smallest absolute Gasteiger partial charge is 0.338 e.